The second-order valence-electron chi connectivity index (χ2n) is 4.97. The average Bonchev–Trinajstić information content (AvgIpc) is 2.89. The van der Waals surface area contributed by atoms with Gasteiger partial charge in [-0.25, -0.2) is 4.39 Å². The molecule has 0 N–H and O–H groups in total. The summed E-state index contributed by atoms with van der Waals surface area (Å²) in [4.78, 5) is 0. The third kappa shape index (κ3) is 3.96. The van der Waals surface area contributed by atoms with Crippen LogP contribution in [0.1, 0.15) is 43.6 Å². The molecule has 0 radical (unpaired) electrons. The van der Waals surface area contributed by atoms with Gasteiger partial charge in [0.15, 0.2) is 0 Å². The van der Waals surface area contributed by atoms with Gasteiger partial charge >= 0.3 is 0 Å². The van der Waals surface area contributed by atoms with Crippen LogP contribution in [0.15, 0.2) is 24.3 Å². The molecule has 1 aliphatic rings. The fourth-order valence-corrected chi connectivity index (χ4v) is 2.86. The zero-order valence-electron chi connectivity index (χ0n) is 10.6. The van der Waals surface area contributed by atoms with E-state index in [0.717, 1.165) is 31.4 Å². The smallest absolute Gasteiger partial charge is 0.123 e. The summed E-state index contributed by atoms with van der Waals surface area (Å²) >= 11 is 6.01. The lowest BCUT2D eigenvalue weighted by Crippen LogP contribution is -2.07. The van der Waals surface area contributed by atoms with E-state index in [1.165, 1.54) is 25.0 Å². The molecule has 1 aromatic carbocycles. The van der Waals surface area contributed by atoms with Crippen LogP contribution in [0.25, 0.3) is 0 Å². The number of halogens is 2. The monoisotopic (exact) mass is 270 g/mol. The topological polar surface area (TPSA) is 9.23 Å². The first-order valence-electron chi connectivity index (χ1n) is 6.72. The van der Waals surface area contributed by atoms with Gasteiger partial charge in [0.25, 0.3) is 0 Å². The molecule has 1 heterocycles. The highest BCUT2D eigenvalue weighted by Crippen LogP contribution is 2.26. The second-order valence-corrected chi connectivity index (χ2v) is 5.28. The van der Waals surface area contributed by atoms with Gasteiger partial charge in [-0.05, 0) is 49.3 Å². The van der Waals surface area contributed by atoms with Crippen molar-refractivity contribution >= 4 is 11.6 Å². The Balaban J connectivity index is 1.79. The highest BCUT2D eigenvalue weighted by Gasteiger charge is 2.16. The molecule has 100 valence electrons. The molecular formula is C15H20ClFO. The Morgan fingerprint density at radius 2 is 2.11 bits per heavy atom. The number of hydrogen-bond acceptors (Lipinski definition) is 1. The molecule has 2 unspecified atom stereocenters. The summed E-state index contributed by atoms with van der Waals surface area (Å²) in [6, 6.07) is 6.70. The Morgan fingerprint density at radius 1 is 1.33 bits per heavy atom. The lowest BCUT2D eigenvalue weighted by Gasteiger charge is -2.15. The van der Waals surface area contributed by atoms with E-state index in [2.05, 4.69) is 0 Å². The standard InChI is InChI=1S/C15H20ClFO/c16-11-13(12-6-8-14(17)9-7-12)3-1-4-15-5-2-10-18-15/h6-9,13,15H,1-5,10-11H2. The van der Waals surface area contributed by atoms with Crippen LogP contribution in [0.4, 0.5) is 4.39 Å². The summed E-state index contributed by atoms with van der Waals surface area (Å²) in [5, 5.41) is 0. The Kier molecular flexibility index (Phi) is 5.45. The molecule has 2 atom stereocenters. The van der Waals surface area contributed by atoms with Gasteiger partial charge in [0.1, 0.15) is 5.82 Å². The number of ether oxygens (including phenoxy) is 1. The number of rotatable bonds is 6. The van der Waals surface area contributed by atoms with E-state index in [1.807, 2.05) is 12.1 Å². The van der Waals surface area contributed by atoms with Crippen molar-refractivity contribution in [3.63, 3.8) is 0 Å². The van der Waals surface area contributed by atoms with Gasteiger partial charge in [-0.2, -0.15) is 0 Å². The number of benzene rings is 1. The quantitative estimate of drug-likeness (QED) is 0.692. The maximum atomic E-state index is 12.9. The summed E-state index contributed by atoms with van der Waals surface area (Å²) in [5.41, 5.74) is 1.14. The Bertz CT molecular complexity index is 346. The van der Waals surface area contributed by atoms with Crippen molar-refractivity contribution in [3.05, 3.63) is 35.6 Å². The molecule has 0 saturated carbocycles. The molecule has 3 heteroatoms. The van der Waals surface area contributed by atoms with Gasteiger partial charge in [-0.1, -0.05) is 18.6 Å². The Labute approximate surface area is 113 Å². The second kappa shape index (κ2) is 7.10. The summed E-state index contributed by atoms with van der Waals surface area (Å²) in [7, 11) is 0. The van der Waals surface area contributed by atoms with Crippen LogP contribution >= 0.6 is 11.6 Å². The van der Waals surface area contributed by atoms with Crippen molar-refractivity contribution in [3.8, 4) is 0 Å². The summed E-state index contributed by atoms with van der Waals surface area (Å²) < 4.78 is 18.5. The van der Waals surface area contributed by atoms with Gasteiger partial charge in [-0.3, -0.25) is 0 Å². The van der Waals surface area contributed by atoms with Crippen LogP contribution in [-0.4, -0.2) is 18.6 Å². The van der Waals surface area contributed by atoms with Crippen molar-refractivity contribution in [2.45, 2.75) is 44.1 Å². The van der Waals surface area contributed by atoms with E-state index in [-0.39, 0.29) is 5.82 Å². The van der Waals surface area contributed by atoms with Crippen molar-refractivity contribution in [1.29, 1.82) is 0 Å². The van der Waals surface area contributed by atoms with Gasteiger partial charge in [0.05, 0.1) is 6.10 Å². The first kappa shape index (κ1) is 13.8. The van der Waals surface area contributed by atoms with Gasteiger partial charge in [0.2, 0.25) is 0 Å². The van der Waals surface area contributed by atoms with Crippen LogP contribution in [-0.2, 0) is 4.74 Å². The highest BCUT2D eigenvalue weighted by atomic mass is 35.5. The highest BCUT2D eigenvalue weighted by molar-refractivity contribution is 6.18. The lowest BCUT2D eigenvalue weighted by atomic mass is 9.94. The van der Waals surface area contributed by atoms with Crippen LogP contribution < -0.4 is 0 Å². The van der Waals surface area contributed by atoms with E-state index in [9.17, 15) is 4.39 Å². The van der Waals surface area contributed by atoms with E-state index >= 15 is 0 Å². The minimum Gasteiger partial charge on any atom is -0.378 e. The van der Waals surface area contributed by atoms with Crippen LogP contribution in [0, 0.1) is 5.82 Å². The van der Waals surface area contributed by atoms with Gasteiger partial charge < -0.3 is 4.74 Å². The third-order valence-electron chi connectivity index (χ3n) is 3.63. The summed E-state index contributed by atoms with van der Waals surface area (Å²) in [6.45, 7) is 0.918. The normalized spacial score (nSPS) is 21.1. The fourth-order valence-electron chi connectivity index (χ4n) is 2.53. The minimum atomic E-state index is -0.188. The zero-order valence-corrected chi connectivity index (χ0v) is 11.3. The zero-order chi connectivity index (χ0) is 12.8. The average molecular weight is 271 g/mol. The molecule has 1 nitrogen and oxygen atoms in total. The fraction of sp³-hybridized carbons (Fsp3) is 0.600. The molecule has 0 amide bonds. The SMILES string of the molecule is Fc1ccc(C(CCl)CCCC2CCCO2)cc1. The van der Waals surface area contributed by atoms with Crippen molar-refractivity contribution < 1.29 is 9.13 Å². The van der Waals surface area contributed by atoms with E-state index < -0.39 is 0 Å². The van der Waals surface area contributed by atoms with Crippen molar-refractivity contribution in [1.82, 2.24) is 0 Å². The predicted octanol–water partition coefficient (Wildman–Crippen LogP) is 4.50. The maximum absolute atomic E-state index is 12.9. The first-order chi connectivity index (χ1) is 8.79. The van der Waals surface area contributed by atoms with Crippen molar-refractivity contribution in [2.24, 2.45) is 0 Å². The number of hydrogen-bond donors (Lipinski definition) is 0. The molecule has 0 spiro atoms. The molecular weight excluding hydrogens is 251 g/mol. The van der Waals surface area contributed by atoms with E-state index in [1.54, 1.807) is 0 Å². The molecule has 0 bridgehead atoms. The summed E-state index contributed by atoms with van der Waals surface area (Å²) in [5.74, 6) is 0.733. The largest absolute Gasteiger partial charge is 0.378 e. The van der Waals surface area contributed by atoms with Crippen molar-refractivity contribution in [2.75, 3.05) is 12.5 Å². The molecule has 1 saturated heterocycles. The molecule has 1 fully saturated rings. The molecule has 18 heavy (non-hydrogen) atoms. The minimum absolute atomic E-state index is 0.188. The third-order valence-corrected chi connectivity index (χ3v) is 4.00. The molecule has 2 rings (SSSR count). The number of alkyl halides is 1. The predicted molar refractivity (Wildman–Crippen MR) is 72.7 cm³/mol. The van der Waals surface area contributed by atoms with Crippen LogP contribution in [0.3, 0.4) is 0 Å². The van der Waals surface area contributed by atoms with Gasteiger partial charge in [0, 0.05) is 12.5 Å². The molecule has 1 aromatic rings. The molecule has 1 aliphatic heterocycles. The van der Waals surface area contributed by atoms with Gasteiger partial charge in [-0.15, -0.1) is 11.6 Å². The lowest BCUT2D eigenvalue weighted by molar-refractivity contribution is 0.102. The van der Waals surface area contributed by atoms with E-state index in [4.69, 9.17) is 16.3 Å². The molecule has 0 aromatic heterocycles. The maximum Gasteiger partial charge on any atom is 0.123 e. The first-order valence-corrected chi connectivity index (χ1v) is 7.26. The molecule has 0 aliphatic carbocycles. The Hall–Kier alpha value is -0.600. The summed E-state index contributed by atoms with van der Waals surface area (Å²) in [6.07, 6.45) is 6.14. The van der Waals surface area contributed by atoms with Crippen LogP contribution in [0.2, 0.25) is 0 Å². The Morgan fingerprint density at radius 3 is 2.72 bits per heavy atom. The van der Waals surface area contributed by atoms with Crippen LogP contribution in [0.5, 0.6) is 0 Å². The van der Waals surface area contributed by atoms with E-state index in [0.29, 0.717) is 17.9 Å².